The van der Waals surface area contributed by atoms with E-state index in [-0.39, 0.29) is 5.82 Å². The zero-order chi connectivity index (χ0) is 14.3. The Hall–Kier alpha value is -2.42. The number of H-pyrrole nitrogens is 1. The molecule has 0 amide bonds. The number of rotatable bonds is 2. The van der Waals surface area contributed by atoms with Gasteiger partial charge in [-0.05, 0) is 31.0 Å². The Balaban J connectivity index is 2.36. The minimum atomic E-state index is -0.373. The molecule has 3 rings (SSSR count). The van der Waals surface area contributed by atoms with E-state index in [9.17, 15) is 9.18 Å². The van der Waals surface area contributed by atoms with E-state index < -0.39 is 0 Å². The first-order chi connectivity index (χ1) is 9.61. The van der Waals surface area contributed by atoms with Crippen molar-refractivity contribution < 1.29 is 9.18 Å². The molecule has 0 unspecified atom stereocenters. The minimum Gasteiger partial charge on any atom is -0.354 e. The second-order valence-corrected chi connectivity index (χ2v) is 5.01. The van der Waals surface area contributed by atoms with Gasteiger partial charge in [-0.3, -0.25) is 4.79 Å². The zero-order valence-corrected chi connectivity index (χ0v) is 11.3. The summed E-state index contributed by atoms with van der Waals surface area (Å²) >= 11 is 0. The number of aryl methyl sites for hydroxylation is 2. The van der Waals surface area contributed by atoms with E-state index in [1.54, 1.807) is 6.07 Å². The summed E-state index contributed by atoms with van der Waals surface area (Å²) in [6, 6.07) is 10.9. The van der Waals surface area contributed by atoms with E-state index in [4.69, 9.17) is 0 Å². The number of aldehydes is 1. The van der Waals surface area contributed by atoms with E-state index in [0.29, 0.717) is 22.2 Å². The molecule has 0 saturated heterocycles. The van der Waals surface area contributed by atoms with Crippen molar-refractivity contribution in [3.63, 3.8) is 0 Å². The maximum atomic E-state index is 14.0. The number of fused-ring (bicyclic) bond motifs is 1. The van der Waals surface area contributed by atoms with Crippen LogP contribution in [0.2, 0.25) is 0 Å². The summed E-state index contributed by atoms with van der Waals surface area (Å²) in [4.78, 5) is 14.6. The summed E-state index contributed by atoms with van der Waals surface area (Å²) in [6.07, 6.45) is 0.719. The highest BCUT2D eigenvalue weighted by molar-refractivity contribution is 6.05. The molecule has 1 aromatic heterocycles. The summed E-state index contributed by atoms with van der Waals surface area (Å²) in [5.74, 6) is -0.373. The third-order valence-corrected chi connectivity index (χ3v) is 3.61. The molecule has 0 saturated carbocycles. The van der Waals surface area contributed by atoms with Crippen molar-refractivity contribution in [1.29, 1.82) is 0 Å². The van der Waals surface area contributed by atoms with Crippen LogP contribution in [0.15, 0.2) is 36.4 Å². The van der Waals surface area contributed by atoms with Gasteiger partial charge in [0, 0.05) is 5.39 Å². The standard InChI is InChI=1S/C17H14FNO/c1-10-3-6-12(7-4-10)17-13(9-20)15-14(18)8-5-11(2)16(15)19-17/h3-9,19H,1-2H3. The lowest BCUT2D eigenvalue weighted by Crippen LogP contribution is -1.86. The summed E-state index contributed by atoms with van der Waals surface area (Å²) in [5, 5.41) is 0.371. The molecule has 0 aliphatic heterocycles. The van der Waals surface area contributed by atoms with Crippen LogP contribution < -0.4 is 0 Å². The molecule has 2 aromatic carbocycles. The van der Waals surface area contributed by atoms with E-state index in [1.807, 2.05) is 38.1 Å². The van der Waals surface area contributed by atoms with Crippen LogP contribution in [0.1, 0.15) is 21.5 Å². The van der Waals surface area contributed by atoms with Crippen LogP contribution in [0, 0.1) is 19.7 Å². The van der Waals surface area contributed by atoms with E-state index in [0.717, 1.165) is 23.0 Å². The maximum absolute atomic E-state index is 14.0. The van der Waals surface area contributed by atoms with Crippen LogP contribution in [0.25, 0.3) is 22.2 Å². The predicted molar refractivity (Wildman–Crippen MR) is 78.6 cm³/mol. The average Bonchev–Trinajstić information content (AvgIpc) is 2.84. The molecule has 0 spiro atoms. The molecule has 1 N–H and O–H groups in total. The topological polar surface area (TPSA) is 32.9 Å². The number of carbonyl (C=O) groups excluding carboxylic acids is 1. The monoisotopic (exact) mass is 267 g/mol. The smallest absolute Gasteiger partial charge is 0.152 e. The quantitative estimate of drug-likeness (QED) is 0.686. The molecule has 0 atom stereocenters. The fourth-order valence-corrected chi connectivity index (χ4v) is 2.49. The van der Waals surface area contributed by atoms with Gasteiger partial charge in [-0.1, -0.05) is 35.9 Å². The average molecular weight is 267 g/mol. The fraction of sp³-hybridized carbons (Fsp3) is 0.118. The molecule has 0 fully saturated rings. The fourth-order valence-electron chi connectivity index (χ4n) is 2.49. The third-order valence-electron chi connectivity index (χ3n) is 3.61. The van der Waals surface area contributed by atoms with Crippen LogP contribution in [0.4, 0.5) is 4.39 Å². The van der Waals surface area contributed by atoms with Crippen molar-refractivity contribution in [2.45, 2.75) is 13.8 Å². The van der Waals surface area contributed by atoms with Crippen molar-refractivity contribution in [2.75, 3.05) is 0 Å². The minimum absolute atomic E-state index is 0.371. The lowest BCUT2D eigenvalue weighted by atomic mass is 10.0. The van der Waals surface area contributed by atoms with Gasteiger partial charge in [0.25, 0.3) is 0 Å². The summed E-state index contributed by atoms with van der Waals surface area (Å²) in [5.41, 5.74) is 4.67. The van der Waals surface area contributed by atoms with E-state index in [2.05, 4.69) is 4.98 Å². The normalized spacial score (nSPS) is 10.9. The number of halogens is 1. The summed E-state index contributed by atoms with van der Waals surface area (Å²) < 4.78 is 14.0. The zero-order valence-electron chi connectivity index (χ0n) is 11.3. The van der Waals surface area contributed by atoms with Crippen molar-refractivity contribution in [3.8, 4) is 11.3 Å². The largest absolute Gasteiger partial charge is 0.354 e. The van der Waals surface area contributed by atoms with Crippen molar-refractivity contribution in [3.05, 3.63) is 58.9 Å². The SMILES string of the molecule is Cc1ccc(-c2[nH]c3c(C)ccc(F)c3c2C=O)cc1. The van der Waals surface area contributed by atoms with Gasteiger partial charge in [0.15, 0.2) is 6.29 Å². The van der Waals surface area contributed by atoms with Gasteiger partial charge in [0.05, 0.1) is 16.8 Å². The third kappa shape index (κ3) is 1.83. The molecule has 0 bridgehead atoms. The number of nitrogens with one attached hydrogen (secondary N) is 1. The molecule has 1 heterocycles. The molecular weight excluding hydrogens is 253 g/mol. The molecular formula is C17H14FNO. The van der Waals surface area contributed by atoms with Gasteiger partial charge < -0.3 is 4.98 Å². The molecule has 0 radical (unpaired) electrons. The second-order valence-electron chi connectivity index (χ2n) is 5.01. The number of aromatic nitrogens is 1. The maximum Gasteiger partial charge on any atom is 0.152 e. The van der Waals surface area contributed by atoms with Crippen LogP contribution >= 0.6 is 0 Å². The molecule has 2 nitrogen and oxygen atoms in total. The van der Waals surface area contributed by atoms with Gasteiger partial charge in [-0.25, -0.2) is 4.39 Å². The van der Waals surface area contributed by atoms with Crippen molar-refractivity contribution in [1.82, 2.24) is 4.98 Å². The Morgan fingerprint density at radius 1 is 1.05 bits per heavy atom. The second kappa shape index (κ2) is 4.60. The lowest BCUT2D eigenvalue weighted by Gasteiger charge is -2.00. The number of hydrogen-bond acceptors (Lipinski definition) is 1. The summed E-state index contributed by atoms with van der Waals surface area (Å²) in [7, 11) is 0. The van der Waals surface area contributed by atoms with Gasteiger partial charge >= 0.3 is 0 Å². The van der Waals surface area contributed by atoms with Crippen molar-refractivity contribution >= 4 is 17.2 Å². The molecule has 0 aliphatic rings. The highest BCUT2D eigenvalue weighted by atomic mass is 19.1. The van der Waals surface area contributed by atoms with Gasteiger partial charge in [0.2, 0.25) is 0 Å². The van der Waals surface area contributed by atoms with Crippen LogP contribution in [0.3, 0.4) is 0 Å². The molecule has 3 aromatic rings. The van der Waals surface area contributed by atoms with Gasteiger partial charge in [-0.2, -0.15) is 0 Å². The summed E-state index contributed by atoms with van der Waals surface area (Å²) in [6.45, 7) is 3.89. The number of hydrogen-bond donors (Lipinski definition) is 1. The lowest BCUT2D eigenvalue weighted by molar-refractivity contribution is 0.112. The first-order valence-corrected chi connectivity index (χ1v) is 6.45. The Labute approximate surface area is 116 Å². The first-order valence-electron chi connectivity index (χ1n) is 6.45. The molecule has 100 valence electrons. The van der Waals surface area contributed by atoms with Crippen LogP contribution in [-0.4, -0.2) is 11.3 Å². The van der Waals surface area contributed by atoms with Crippen molar-refractivity contribution in [2.24, 2.45) is 0 Å². The molecule has 0 aliphatic carbocycles. The number of benzene rings is 2. The Morgan fingerprint density at radius 2 is 1.75 bits per heavy atom. The first kappa shape index (κ1) is 12.6. The highest BCUT2D eigenvalue weighted by Gasteiger charge is 2.17. The Kier molecular flexibility index (Phi) is 2.90. The molecule has 20 heavy (non-hydrogen) atoms. The predicted octanol–water partition coefficient (Wildman–Crippen LogP) is 4.40. The van der Waals surface area contributed by atoms with E-state index >= 15 is 0 Å². The van der Waals surface area contributed by atoms with Crippen LogP contribution in [0.5, 0.6) is 0 Å². The number of carbonyl (C=O) groups is 1. The van der Waals surface area contributed by atoms with Crippen LogP contribution in [-0.2, 0) is 0 Å². The van der Waals surface area contributed by atoms with Gasteiger partial charge in [0.1, 0.15) is 5.82 Å². The number of aromatic amines is 1. The van der Waals surface area contributed by atoms with Gasteiger partial charge in [-0.15, -0.1) is 0 Å². The Bertz CT molecular complexity index is 800. The van der Waals surface area contributed by atoms with E-state index in [1.165, 1.54) is 6.07 Å². The Morgan fingerprint density at radius 3 is 2.40 bits per heavy atom. The highest BCUT2D eigenvalue weighted by Crippen LogP contribution is 2.32. The molecule has 3 heteroatoms.